The van der Waals surface area contributed by atoms with E-state index in [-0.39, 0.29) is 18.1 Å². The lowest BCUT2D eigenvalue weighted by atomic mass is 10.0. The van der Waals surface area contributed by atoms with Crippen molar-refractivity contribution < 1.29 is 14.6 Å². The highest BCUT2D eigenvalue weighted by Gasteiger charge is 2.06. The van der Waals surface area contributed by atoms with Crippen LogP contribution in [-0.4, -0.2) is 18.2 Å². The molecule has 92 valence electrons. The van der Waals surface area contributed by atoms with Crippen LogP contribution in [0, 0.1) is 0 Å². The summed E-state index contributed by atoms with van der Waals surface area (Å²) in [4.78, 5) is 11.1. The first kappa shape index (κ1) is 13.3. The second-order valence-corrected chi connectivity index (χ2v) is 4.20. The Morgan fingerprint density at radius 2 is 2.12 bits per heavy atom. The van der Waals surface area contributed by atoms with Gasteiger partial charge in [-0.3, -0.25) is 4.79 Å². The molecule has 0 radical (unpaired) electrons. The van der Waals surface area contributed by atoms with Gasteiger partial charge in [-0.2, -0.15) is 0 Å². The molecule has 1 aromatic rings. The fourth-order valence-electron chi connectivity index (χ4n) is 1.47. The number of allylic oxidation sites excluding steroid dienone is 2. The SMILES string of the molecule is COC(=O)Cc1ccc(O)c(CC=C(C)C)c1. The van der Waals surface area contributed by atoms with Crippen LogP contribution >= 0.6 is 0 Å². The molecule has 0 amide bonds. The van der Waals surface area contributed by atoms with E-state index in [9.17, 15) is 9.90 Å². The highest BCUT2D eigenvalue weighted by molar-refractivity contribution is 5.72. The lowest BCUT2D eigenvalue weighted by Gasteiger charge is -2.06. The van der Waals surface area contributed by atoms with Crippen molar-refractivity contribution in [1.82, 2.24) is 0 Å². The molecule has 1 N–H and O–H groups in total. The summed E-state index contributed by atoms with van der Waals surface area (Å²) in [6.07, 6.45) is 2.94. The van der Waals surface area contributed by atoms with Crippen molar-refractivity contribution >= 4 is 5.97 Å². The zero-order valence-electron chi connectivity index (χ0n) is 10.5. The lowest BCUT2D eigenvalue weighted by molar-refractivity contribution is -0.139. The number of phenols is 1. The molecule has 3 nitrogen and oxygen atoms in total. The van der Waals surface area contributed by atoms with Crippen molar-refractivity contribution in [2.24, 2.45) is 0 Å². The fraction of sp³-hybridized carbons (Fsp3) is 0.357. The maximum atomic E-state index is 11.1. The van der Waals surface area contributed by atoms with E-state index in [1.807, 2.05) is 26.0 Å². The molecule has 0 saturated heterocycles. The summed E-state index contributed by atoms with van der Waals surface area (Å²) in [6.45, 7) is 4.02. The second kappa shape index (κ2) is 6.09. The van der Waals surface area contributed by atoms with Crippen LogP contribution in [0.5, 0.6) is 5.75 Å². The number of hydrogen-bond donors (Lipinski definition) is 1. The van der Waals surface area contributed by atoms with Crippen LogP contribution in [0.15, 0.2) is 29.8 Å². The third kappa shape index (κ3) is 4.31. The summed E-state index contributed by atoms with van der Waals surface area (Å²) in [5.74, 6) is -0.0139. The highest BCUT2D eigenvalue weighted by atomic mass is 16.5. The molecule has 0 spiro atoms. The van der Waals surface area contributed by atoms with Gasteiger partial charge in [-0.25, -0.2) is 0 Å². The minimum Gasteiger partial charge on any atom is -0.508 e. The molecule has 1 aromatic carbocycles. The summed E-state index contributed by atoms with van der Waals surface area (Å²) >= 11 is 0. The summed E-state index contributed by atoms with van der Waals surface area (Å²) in [6, 6.07) is 5.19. The summed E-state index contributed by atoms with van der Waals surface area (Å²) in [5.41, 5.74) is 2.88. The number of benzene rings is 1. The van der Waals surface area contributed by atoms with E-state index in [4.69, 9.17) is 0 Å². The number of rotatable bonds is 4. The number of aromatic hydroxyl groups is 1. The quantitative estimate of drug-likeness (QED) is 0.643. The Bertz CT molecular complexity index is 429. The van der Waals surface area contributed by atoms with Crippen molar-refractivity contribution in [2.75, 3.05) is 7.11 Å². The van der Waals surface area contributed by atoms with Crippen LogP contribution in [0.2, 0.25) is 0 Å². The topological polar surface area (TPSA) is 46.5 Å². The number of phenolic OH excluding ortho intramolecular Hbond substituents is 1. The normalized spacial score (nSPS) is 9.82. The van der Waals surface area contributed by atoms with Crippen molar-refractivity contribution in [3.05, 3.63) is 41.0 Å². The van der Waals surface area contributed by atoms with Crippen LogP contribution in [0.3, 0.4) is 0 Å². The Balaban J connectivity index is 2.86. The predicted octanol–water partition coefficient (Wildman–Crippen LogP) is 2.62. The van der Waals surface area contributed by atoms with Gasteiger partial charge in [0, 0.05) is 0 Å². The Hall–Kier alpha value is -1.77. The van der Waals surface area contributed by atoms with Gasteiger partial charge in [0.2, 0.25) is 0 Å². The molecule has 0 bridgehead atoms. The number of ether oxygens (including phenoxy) is 1. The maximum absolute atomic E-state index is 11.1. The molecule has 0 heterocycles. The first-order chi connectivity index (χ1) is 8.02. The largest absolute Gasteiger partial charge is 0.508 e. The van der Waals surface area contributed by atoms with Gasteiger partial charge in [-0.1, -0.05) is 23.8 Å². The molecular weight excluding hydrogens is 216 g/mol. The third-order valence-electron chi connectivity index (χ3n) is 2.45. The number of carbonyl (C=O) groups excluding carboxylic acids is 1. The monoisotopic (exact) mass is 234 g/mol. The van der Waals surface area contributed by atoms with Crippen LogP contribution in [0.25, 0.3) is 0 Å². The first-order valence-corrected chi connectivity index (χ1v) is 5.54. The van der Waals surface area contributed by atoms with Crippen LogP contribution in [-0.2, 0) is 22.4 Å². The highest BCUT2D eigenvalue weighted by Crippen LogP contribution is 2.20. The Morgan fingerprint density at radius 1 is 1.41 bits per heavy atom. The van der Waals surface area contributed by atoms with E-state index in [2.05, 4.69) is 4.74 Å². The Morgan fingerprint density at radius 3 is 2.71 bits per heavy atom. The molecule has 0 aliphatic carbocycles. The van der Waals surface area contributed by atoms with Crippen LogP contribution in [0.4, 0.5) is 0 Å². The predicted molar refractivity (Wildman–Crippen MR) is 67.0 cm³/mol. The zero-order chi connectivity index (χ0) is 12.8. The second-order valence-electron chi connectivity index (χ2n) is 4.20. The van der Waals surface area contributed by atoms with E-state index in [1.165, 1.54) is 12.7 Å². The van der Waals surface area contributed by atoms with Gasteiger partial charge in [0.1, 0.15) is 5.75 Å². The van der Waals surface area contributed by atoms with E-state index in [0.717, 1.165) is 11.1 Å². The zero-order valence-corrected chi connectivity index (χ0v) is 10.5. The van der Waals surface area contributed by atoms with Crippen LogP contribution < -0.4 is 0 Å². The molecule has 0 unspecified atom stereocenters. The maximum Gasteiger partial charge on any atom is 0.309 e. The third-order valence-corrected chi connectivity index (χ3v) is 2.45. The first-order valence-electron chi connectivity index (χ1n) is 5.54. The molecule has 0 aliphatic heterocycles. The molecule has 0 aromatic heterocycles. The van der Waals surface area contributed by atoms with E-state index >= 15 is 0 Å². The van der Waals surface area contributed by atoms with E-state index in [1.54, 1.807) is 12.1 Å². The molecule has 0 aliphatic rings. The Kier molecular flexibility index (Phi) is 4.76. The summed E-state index contributed by atoms with van der Waals surface area (Å²) < 4.78 is 4.61. The molecule has 0 saturated carbocycles. The van der Waals surface area contributed by atoms with Gasteiger partial charge in [-0.05, 0) is 37.5 Å². The molecule has 1 rings (SSSR count). The van der Waals surface area contributed by atoms with Gasteiger partial charge >= 0.3 is 5.97 Å². The van der Waals surface area contributed by atoms with Gasteiger partial charge in [0.15, 0.2) is 0 Å². The lowest BCUT2D eigenvalue weighted by Crippen LogP contribution is -2.04. The van der Waals surface area contributed by atoms with Gasteiger partial charge < -0.3 is 9.84 Å². The van der Waals surface area contributed by atoms with Gasteiger partial charge in [0.05, 0.1) is 13.5 Å². The molecular formula is C14H18O3. The molecule has 17 heavy (non-hydrogen) atoms. The molecule has 0 atom stereocenters. The van der Waals surface area contributed by atoms with E-state index < -0.39 is 0 Å². The fourth-order valence-corrected chi connectivity index (χ4v) is 1.47. The van der Waals surface area contributed by atoms with Crippen molar-refractivity contribution in [3.8, 4) is 5.75 Å². The number of hydrogen-bond acceptors (Lipinski definition) is 3. The van der Waals surface area contributed by atoms with Gasteiger partial charge in [-0.15, -0.1) is 0 Å². The smallest absolute Gasteiger partial charge is 0.309 e. The van der Waals surface area contributed by atoms with Crippen molar-refractivity contribution in [3.63, 3.8) is 0 Å². The average molecular weight is 234 g/mol. The minimum absolute atomic E-state index is 0.235. The van der Waals surface area contributed by atoms with E-state index in [0.29, 0.717) is 6.42 Å². The molecule has 0 fully saturated rings. The van der Waals surface area contributed by atoms with Crippen molar-refractivity contribution in [1.29, 1.82) is 0 Å². The molecule has 3 heteroatoms. The van der Waals surface area contributed by atoms with Gasteiger partial charge in [0.25, 0.3) is 0 Å². The summed E-state index contributed by atoms with van der Waals surface area (Å²) in [5, 5.41) is 9.69. The minimum atomic E-state index is -0.274. The standard InChI is InChI=1S/C14H18O3/c1-10(2)4-6-12-8-11(5-7-13(12)15)9-14(16)17-3/h4-5,7-8,15H,6,9H2,1-3H3. The summed E-state index contributed by atoms with van der Waals surface area (Å²) in [7, 11) is 1.37. The van der Waals surface area contributed by atoms with Crippen molar-refractivity contribution in [2.45, 2.75) is 26.7 Å². The average Bonchev–Trinajstić information content (AvgIpc) is 2.29. The van der Waals surface area contributed by atoms with Crippen LogP contribution in [0.1, 0.15) is 25.0 Å². The number of esters is 1. The number of carbonyl (C=O) groups is 1. The number of methoxy groups -OCH3 is 1. The Labute approximate surface area is 102 Å².